The summed E-state index contributed by atoms with van der Waals surface area (Å²) in [5, 5.41) is 3.10. The number of benzene rings is 1. The lowest BCUT2D eigenvalue weighted by Gasteiger charge is -2.28. The maximum Gasteiger partial charge on any atom is 0.253 e. The molecule has 7 nitrogen and oxygen atoms in total. The van der Waals surface area contributed by atoms with Gasteiger partial charge < -0.3 is 22.5 Å². The molecule has 0 unspecified atom stereocenters. The summed E-state index contributed by atoms with van der Waals surface area (Å²) in [7, 11) is 0. The zero-order valence-electron chi connectivity index (χ0n) is 14.0. The van der Waals surface area contributed by atoms with Gasteiger partial charge in [-0.25, -0.2) is 4.99 Å². The van der Waals surface area contributed by atoms with E-state index in [1.165, 1.54) is 19.3 Å². The molecule has 0 aromatic heterocycles. The molecule has 1 aromatic rings. The molecule has 1 amide bonds. The van der Waals surface area contributed by atoms with Gasteiger partial charge in [0.1, 0.15) is 0 Å². The van der Waals surface area contributed by atoms with Gasteiger partial charge in [0, 0.05) is 6.04 Å². The first kappa shape index (κ1) is 17.8. The minimum Gasteiger partial charge on any atom is -0.370 e. The summed E-state index contributed by atoms with van der Waals surface area (Å²) in [6.07, 6.45) is 5.58. The predicted octanol–water partition coefficient (Wildman–Crippen LogP) is 1.60. The lowest BCUT2D eigenvalue weighted by Crippen LogP contribution is -2.37. The number of rotatable bonds is 4. The van der Waals surface area contributed by atoms with Crippen molar-refractivity contribution in [2.45, 2.75) is 45.1 Å². The van der Waals surface area contributed by atoms with Gasteiger partial charge in [-0.1, -0.05) is 25.5 Å². The molecule has 130 valence electrons. The van der Waals surface area contributed by atoms with Gasteiger partial charge in [-0.05, 0) is 43.7 Å². The maximum atomic E-state index is 12.6. The molecule has 1 aliphatic rings. The van der Waals surface area contributed by atoms with E-state index >= 15 is 0 Å². The Morgan fingerprint density at radius 2 is 1.83 bits per heavy atom. The fraction of sp³-hybridized carbons (Fsp3) is 0.471. The summed E-state index contributed by atoms with van der Waals surface area (Å²) in [5.74, 6) is 0.380. The van der Waals surface area contributed by atoms with E-state index in [-0.39, 0.29) is 23.9 Å². The van der Waals surface area contributed by atoms with Crippen LogP contribution in [-0.2, 0) is 0 Å². The topological polar surface area (TPSA) is 132 Å². The Labute approximate surface area is 142 Å². The second-order valence-electron chi connectivity index (χ2n) is 6.12. The summed E-state index contributed by atoms with van der Waals surface area (Å²) in [6, 6.07) is 7.21. The van der Waals surface area contributed by atoms with Gasteiger partial charge in [-0.15, -0.1) is 0 Å². The Kier molecular flexibility index (Phi) is 6.17. The SMILES string of the molecule is CCC1CCC(NC(=O)c2ccccc2N=C(N)N=C(N)N)CC1. The number of hydrogen-bond acceptors (Lipinski definition) is 2. The second kappa shape index (κ2) is 8.33. The number of nitrogens with two attached hydrogens (primary N) is 3. The molecule has 1 fully saturated rings. The minimum absolute atomic E-state index is 0.0845. The van der Waals surface area contributed by atoms with Crippen molar-refractivity contribution in [1.82, 2.24) is 5.32 Å². The van der Waals surface area contributed by atoms with Crippen LogP contribution in [0.3, 0.4) is 0 Å². The highest BCUT2D eigenvalue weighted by atomic mass is 16.1. The zero-order valence-corrected chi connectivity index (χ0v) is 14.0. The summed E-state index contributed by atoms with van der Waals surface area (Å²) in [6.45, 7) is 2.22. The second-order valence-corrected chi connectivity index (χ2v) is 6.12. The summed E-state index contributed by atoms with van der Waals surface area (Å²) in [5.41, 5.74) is 17.1. The molecule has 0 bridgehead atoms. The highest BCUT2D eigenvalue weighted by Gasteiger charge is 2.22. The number of amides is 1. The standard InChI is InChI=1S/C17H26N6O/c1-2-11-7-9-12(10-8-11)21-15(24)13-5-3-4-6-14(13)22-17(20)23-16(18)19/h3-6,11-12H,2,7-10H2,1H3,(H,21,24)(H6,18,19,20,22,23). The number of hydrogen-bond donors (Lipinski definition) is 4. The molecule has 0 aliphatic heterocycles. The maximum absolute atomic E-state index is 12.6. The lowest BCUT2D eigenvalue weighted by molar-refractivity contribution is 0.0922. The van der Waals surface area contributed by atoms with Crippen LogP contribution in [0, 0.1) is 5.92 Å². The van der Waals surface area contributed by atoms with Crippen LogP contribution in [0.25, 0.3) is 0 Å². The first-order valence-electron chi connectivity index (χ1n) is 8.33. The zero-order chi connectivity index (χ0) is 17.5. The van der Waals surface area contributed by atoms with Crippen LogP contribution in [0.1, 0.15) is 49.4 Å². The van der Waals surface area contributed by atoms with E-state index in [0.717, 1.165) is 18.8 Å². The third-order valence-electron chi connectivity index (χ3n) is 4.39. The van der Waals surface area contributed by atoms with E-state index in [4.69, 9.17) is 17.2 Å². The summed E-state index contributed by atoms with van der Waals surface area (Å²) >= 11 is 0. The van der Waals surface area contributed by atoms with Crippen LogP contribution >= 0.6 is 0 Å². The van der Waals surface area contributed by atoms with Crippen LogP contribution in [-0.4, -0.2) is 23.9 Å². The van der Waals surface area contributed by atoms with Crippen molar-refractivity contribution in [2.75, 3.05) is 0 Å². The van der Waals surface area contributed by atoms with Crippen LogP contribution in [0.15, 0.2) is 34.3 Å². The first-order chi connectivity index (χ1) is 11.5. The molecule has 1 aliphatic carbocycles. The summed E-state index contributed by atoms with van der Waals surface area (Å²) in [4.78, 5) is 20.4. The molecule has 0 heterocycles. The van der Waals surface area contributed by atoms with Gasteiger partial charge in [0.2, 0.25) is 5.96 Å². The van der Waals surface area contributed by atoms with E-state index < -0.39 is 0 Å². The third-order valence-corrected chi connectivity index (χ3v) is 4.39. The summed E-state index contributed by atoms with van der Waals surface area (Å²) < 4.78 is 0. The van der Waals surface area contributed by atoms with Crippen molar-refractivity contribution >= 4 is 23.5 Å². The quantitative estimate of drug-likeness (QED) is 0.493. The molecule has 1 saturated carbocycles. The predicted molar refractivity (Wildman–Crippen MR) is 97.0 cm³/mol. The number of nitrogens with zero attached hydrogens (tertiary/aromatic N) is 2. The Hall–Kier alpha value is -2.57. The number of carbonyl (C=O) groups excluding carboxylic acids is 1. The van der Waals surface area contributed by atoms with Crippen molar-refractivity contribution in [3.8, 4) is 0 Å². The normalized spacial score (nSPS) is 21.1. The Bertz CT molecular complexity index is 628. The Morgan fingerprint density at radius 1 is 1.17 bits per heavy atom. The molecule has 1 aromatic carbocycles. The van der Waals surface area contributed by atoms with Gasteiger partial charge >= 0.3 is 0 Å². The average Bonchev–Trinajstić information content (AvgIpc) is 2.55. The number of carbonyl (C=O) groups is 1. The molecule has 0 radical (unpaired) electrons. The molecule has 24 heavy (non-hydrogen) atoms. The molecule has 7 N–H and O–H groups in total. The largest absolute Gasteiger partial charge is 0.370 e. The number of nitrogens with one attached hydrogen (secondary N) is 1. The molecule has 0 spiro atoms. The van der Waals surface area contributed by atoms with E-state index in [1.807, 2.05) is 0 Å². The molecule has 2 rings (SSSR count). The lowest BCUT2D eigenvalue weighted by atomic mass is 9.84. The molecule has 0 atom stereocenters. The van der Waals surface area contributed by atoms with Gasteiger partial charge in [-0.3, -0.25) is 4.79 Å². The van der Waals surface area contributed by atoms with Gasteiger partial charge in [0.25, 0.3) is 5.91 Å². The van der Waals surface area contributed by atoms with E-state index in [2.05, 4.69) is 22.2 Å². The van der Waals surface area contributed by atoms with Gasteiger partial charge in [0.05, 0.1) is 11.3 Å². The van der Waals surface area contributed by atoms with Crippen LogP contribution in [0.5, 0.6) is 0 Å². The van der Waals surface area contributed by atoms with Crippen LogP contribution in [0.4, 0.5) is 5.69 Å². The number of guanidine groups is 2. The average molecular weight is 330 g/mol. The van der Waals surface area contributed by atoms with Crippen molar-refractivity contribution in [3.05, 3.63) is 29.8 Å². The minimum atomic E-state index is -0.175. The first-order valence-corrected chi connectivity index (χ1v) is 8.33. The van der Waals surface area contributed by atoms with Crippen LogP contribution in [0.2, 0.25) is 0 Å². The molecular formula is C17H26N6O. The highest BCUT2D eigenvalue weighted by Crippen LogP contribution is 2.27. The van der Waals surface area contributed by atoms with E-state index in [9.17, 15) is 4.79 Å². The van der Waals surface area contributed by atoms with Crippen molar-refractivity contribution in [3.63, 3.8) is 0 Å². The smallest absolute Gasteiger partial charge is 0.253 e. The Morgan fingerprint density at radius 3 is 2.46 bits per heavy atom. The third kappa shape index (κ3) is 4.97. The van der Waals surface area contributed by atoms with Gasteiger partial charge in [0.15, 0.2) is 5.96 Å². The number of para-hydroxylation sites is 1. The molecule has 7 heteroatoms. The fourth-order valence-corrected chi connectivity index (χ4v) is 3.02. The number of aliphatic imine (C=N–C) groups is 2. The monoisotopic (exact) mass is 330 g/mol. The fourth-order valence-electron chi connectivity index (χ4n) is 3.02. The molecular weight excluding hydrogens is 304 g/mol. The van der Waals surface area contributed by atoms with Crippen molar-refractivity contribution in [1.29, 1.82) is 0 Å². The van der Waals surface area contributed by atoms with Crippen molar-refractivity contribution < 1.29 is 4.79 Å². The Balaban J connectivity index is 2.09. The van der Waals surface area contributed by atoms with Crippen LogP contribution < -0.4 is 22.5 Å². The molecule has 0 saturated heterocycles. The van der Waals surface area contributed by atoms with Gasteiger partial charge in [-0.2, -0.15) is 4.99 Å². The van der Waals surface area contributed by atoms with E-state index in [0.29, 0.717) is 11.3 Å². The highest BCUT2D eigenvalue weighted by molar-refractivity contribution is 6.01. The van der Waals surface area contributed by atoms with E-state index in [1.54, 1.807) is 24.3 Å². The van der Waals surface area contributed by atoms with Crippen molar-refractivity contribution in [2.24, 2.45) is 33.1 Å².